The molecule has 1 aromatic rings. The third kappa shape index (κ3) is 2.71. The van der Waals surface area contributed by atoms with Gasteiger partial charge in [0.05, 0.1) is 19.1 Å². The topological polar surface area (TPSA) is 50.4 Å². The van der Waals surface area contributed by atoms with Crippen molar-refractivity contribution < 1.29 is 9.53 Å². The van der Waals surface area contributed by atoms with Crippen LogP contribution in [0.25, 0.3) is 0 Å². The lowest BCUT2D eigenvalue weighted by Crippen LogP contribution is -2.39. The van der Waals surface area contributed by atoms with Gasteiger partial charge in [-0.3, -0.25) is 4.79 Å². The molecule has 18 heavy (non-hydrogen) atoms. The Balaban J connectivity index is 2.09. The van der Waals surface area contributed by atoms with Gasteiger partial charge in [0.15, 0.2) is 0 Å². The number of likely N-dealkylation sites (N-methyl/N-ethyl adjacent to an activating group) is 1. The second kappa shape index (κ2) is 5.50. The molecule has 2 rings (SSSR count). The molecule has 1 fully saturated rings. The smallest absolute Gasteiger partial charge is 0.231 e. The summed E-state index contributed by atoms with van der Waals surface area (Å²) in [6.07, 6.45) is 0. The molecule has 4 heteroatoms. The monoisotopic (exact) mass is 248 g/mol. The van der Waals surface area contributed by atoms with Crippen molar-refractivity contribution >= 4 is 11.6 Å². The SMILES string of the molecule is CNC1COCC1C(=O)Nc1cc(C)ccc1C. The minimum Gasteiger partial charge on any atom is -0.379 e. The van der Waals surface area contributed by atoms with Crippen LogP contribution in [0, 0.1) is 19.8 Å². The van der Waals surface area contributed by atoms with Gasteiger partial charge in [-0.15, -0.1) is 0 Å². The normalized spacial score (nSPS) is 23.1. The Morgan fingerprint density at radius 2 is 2.11 bits per heavy atom. The number of amides is 1. The lowest BCUT2D eigenvalue weighted by Gasteiger charge is -2.17. The van der Waals surface area contributed by atoms with E-state index >= 15 is 0 Å². The maximum absolute atomic E-state index is 12.2. The lowest BCUT2D eigenvalue weighted by atomic mass is 10.0. The molecule has 1 aromatic carbocycles. The average molecular weight is 248 g/mol. The largest absolute Gasteiger partial charge is 0.379 e. The molecule has 98 valence electrons. The average Bonchev–Trinajstić information content (AvgIpc) is 2.82. The minimum atomic E-state index is -0.116. The molecule has 1 amide bonds. The van der Waals surface area contributed by atoms with E-state index in [1.54, 1.807) is 0 Å². The predicted molar refractivity (Wildman–Crippen MR) is 71.7 cm³/mol. The molecule has 1 heterocycles. The van der Waals surface area contributed by atoms with Gasteiger partial charge in [-0.1, -0.05) is 12.1 Å². The third-order valence-electron chi connectivity index (χ3n) is 3.44. The van der Waals surface area contributed by atoms with Gasteiger partial charge < -0.3 is 15.4 Å². The van der Waals surface area contributed by atoms with Crippen LogP contribution in [0.15, 0.2) is 18.2 Å². The molecular weight excluding hydrogens is 228 g/mol. The number of rotatable bonds is 3. The zero-order valence-corrected chi connectivity index (χ0v) is 11.1. The minimum absolute atomic E-state index is 0.0283. The number of anilines is 1. The number of nitrogens with one attached hydrogen (secondary N) is 2. The second-order valence-corrected chi connectivity index (χ2v) is 4.85. The van der Waals surface area contributed by atoms with Crippen LogP contribution in [-0.4, -0.2) is 32.2 Å². The summed E-state index contributed by atoms with van der Waals surface area (Å²) in [4.78, 5) is 12.2. The fourth-order valence-corrected chi connectivity index (χ4v) is 2.19. The fraction of sp³-hybridized carbons (Fsp3) is 0.500. The van der Waals surface area contributed by atoms with Gasteiger partial charge in [-0.2, -0.15) is 0 Å². The van der Waals surface area contributed by atoms with Gasteiger partial charge in [-0.25, -0.2) is 0 Å². The van der Waals surface area contributed by atoms with E-state index in [1.807, 2.05) is 39.1 Å². The Morgan fingerprint density at radius 1 is 1.33 bits per heavy atom. The Hall–Kier alpha value is -1.39. The standard InChI is InChI=1S/C14H20N2O2/c1-9-4-5-10(2)12(6-9)16-14(17)11-7-18-8-13(11)15-3/h4-6,11,13,15H,7-8H2,1-3H3,(H,16,17). The first-order valence-electron chi connectivity index (χ1n) is 6.25. The number of carbonyl (C=O) groups excluding carboxylic acids is 1. The Bertz CT molecular complexity index is 445. The first kappa shape index (κ1) is 13.1. The van der Waals surface area contributed by atoms with Crippen LogP contribution in [0.3, 0.4) is 0 Å². The molecule has 1 aliphatic heterocycles. The van der Waals surface area contributed by atoms with Crippen molar-refractivity contribution in [1.82, 2.24) is 5.32 Å². The van der Waals surface area contributed by atoms with Gasteiger partial charge >= 0.3 is 0 Å². The van der Waals surface area contributed by atoms with Crippen molar-refractivity contribution in [3.63, 3.8) is 0 Å². The van der Waals surface area contributed by atoms with Crippen LogP contribution in [-0.2, 0) is 9.53 Å². The van der Waals surface area contributed by atoms with Gasteiger partial charge in [0.1, 0.15) is 0 Å². The number of hydrogen-bond acceptors (Lipinski definition) is 3. The fourth-order valence-electron chi connectivity index (χ4n) is 2.19. The maximum Gasteiger partial charge on any atom is 0.231 e. The first-order chi connectivity index (χ1) is 8.61. The van der Waals surface area contributed by atoms with Crippen molar-refractivity contribution in [3.8, 4) is 0 Å². The Morgan fingerprint density at radius 3 is 2.83 bits per heavy atom. The van der Waals surface area contributed by atoms with Crippen molar-refractivity contribution in [3.05, 3.63) is 29.3 Å². The highest BCUT2D eigenvalue weighted by Gasteiger charge is 2.33. The quantitative estimate of drug-likeness (QED) is 0.852. The molecule has 1 saturated heterocycles. The highest BCUT2D eigenvalue weighted by atomic mass is 16.5. The third-order valence-corrected chi connectivity index (χ3v) is 3.44. The van der Waals surface area contributed by atoms with E-state index in [2.05, 4.69) is 10.6 Å². The maximum atomic E-state index is 12.2. The Kier molecular flexibility index (Phi) is 3.99. The van der Waals surface area contributed by atoms with Crippen LogP contribution in [0.5, 0.6) is 0 Å². The van der Waals surface area contributed by atoms with Gasteiger partial charge in [0.25, 0.3) is 0 Å². The lowest BCUT2D eigenvalue weighted by molar-refractivity contribution is -0.120. The van der Waals surface area contributed by atoms with Crippen LogP contribution in [0.1, 0.15) is 11.1 Å². The van der Waals surface area contributed by atoms with E-state index in [9.17, 15) is 4.79 Å². The van der Waals surface area contributed by atoms with E-state index in [4.69, 9.17) is 4.74 Å². The molecule has 2 atom stereocenters. The zero-order valence-electron chi connectivity index (χ0n) is 11.1. The number of hydrogen-bond donors (Lipinski definition) is 2. The molecule has 0 spiro atoms. The summed E-state index contributed by atoms with van der Waals surface area (Å²) < 4.78 is 5.35. The second-order valence-electron chi connectivity index (χ2n) is 4.85. The highest BCUT2D eigenvalue weighted by molar-refractivity contribution is 5.94. The van der Waals surface area contributed by atoms with Crippen molar-refractivity contribution in [2.45, 2.75) is 19.9 Å². The van der Waals surface area contributed by atoms with E-state index in [1.165, 1.54) is 0 Å². The van der Waals surface area contributed by atoms with E-state index in [-0.39, 0.29) is 17.9 Å². The van der Waals surface area contributed by atoms with Crippen LogP contribution in [0.4, 0.5) is 5.69 Å². The molecule has 0 radical (unpaired) electrons. The predicted octanol–water partition coefficient (Wildman–Crippen LogP) is 1.48. The summed E-state index contributed by atoms with van der Waals surface area (Å²) >= 11 is 0. The van der Waals surface area contributed by atoms with E-state index in [0.717, 1.165) is 16.8 Å². The Labute approximate surface area is 108 Å². The van der Waals surface area contributed by atoms with Gasteiger partial charge in [-0.05, 0) is 38.1 Å². The molecule has 2 N–H and O–H groups in total. The number of aryl methyl sites for hydroxylation is 2. The molecule has 1 aliphatic rings. The summed E-state index contributed by atoms with van der Waals surface area (Å²) in [7, 11) is 1.86. The molecule has 2 unspecified atom stereocenters. The molecule has 0 saturated carbocycles. The summed E-state index contributed by atoms with van der Waals surface area (Å²) in [5.41, 5.74) is 3.11. The molecule has 0 bridgehead atoms. The summed E-state index contributed by atoms with van der Waals surface area (Å²) in [6.45, 7) is 5.10. The van der Waals surface area contributed by atoms with Crippen molar-refractivity contribution in [2.75, 3.05) is 25.6 Å². The summed E-state index contributed by atoms with van der Waals surface area (Å²) in [5, 5.41) is 6.12. The number of ether oxygens (including phenoxy) is 1. The zero-order chi connectivity index (χ0) is 13.1. The van der Waals surface area contributed by atoms with Gasteiger partial charge in [0.2, 0.25) is 5.91 Å². The van der Waals surface area contributed by atoms with Crippen LogP contribution < -0.4 is 10.6 Å². The highest BCUT2D eigenvalue weighted by Crippen LogP contribution is 2.20. The number of benzene rings is 1. The molecule has 0 aliphatic carbocycles. The summed E-state index contributed by atoms with van der Waals surface area (Å²) in [6, 6.07) is 6.17. The first-order valence-corrected chi connectivity index (χ1v) is 6.25. The van der Waals surface area contributed by atoms with Crippen LogP contribution >= 0.6 is 0 Å². The van der Waals surface area contributed by atoms with Crippen molar-refractivity contribution in [1.29, 1.82) is 0 Å². The molecule has 0 aromatic heterocycles. The van der Waals surface area contributed by atoms with Crippen molar-refractivity contribution in [2.24, 2.45) is 5.92 Å². The molecular formula is C14H20N2O2. The van der Waals surface area contributed by atoms with E-state index in [0.29, 0.717) is 13.2 Å². The van der Waals surface area contributed by atoms with Gasteiger partial charge in [0, 0.05) is 11.7 Å². The van der Waals surface area contributed by atoms with E-state index < -0.39 is 0 Å². The van der Waals surface area contributed by atoms with Crippen LogP contribution in [0.2, 0.25) is 0 Å². The summed E-state index contributed by atoms with van der Waals surface area (Å²) in [5.74, 6) is -0.0875. The molecule has 4 nitrogen and oxygen atoms in total. The number of carbonyl (C=O) groups is 1.